The molecule has 0 bridgehead atoms. The van der Waals surface area contributed by atoms with E-state index in [1.165, 1.54) is 24.3 Å². The summed E-state index contributed by atoms with van der Waals surface area (Å²) in [4.78, 5) is 11.3. The van der Waals surface area contributed by atoms with E-state index in [1.54, 1.807) is 6.92 Å². The van der Waals surface area contributed by atoms with Crippen LogP contribution in [0.25, 0.3) is 0 Å². The molecule has 0 heterocycles. The van der Waals surface area contributed by atoms with Crippen LogP contribution in [0, 0.1) is 0 Å². The minimum absolute atomic E-state index is 0. The van der Waals surface area contributed by atoms with E-state index in [2.05, 4.69) is 0 Å². The van der Waals surface area contributed by atoms with Crippen LogP contribution in [0.4, 0.5) is 0 Å². The number of ether oxygens (including phenoxy) is 2. The minimum Gasteiger partial charge on any atom is -0.745 e. The number of hydrogen-bond donors (Lipinski definition) is 0. The zero-order valence-corrected chi connectivity index (χ0v) is 12.9. The van der Waals surface area contributed by atoms with Gasteiger partial charge in [0.1, 0.15) is 15.9 Å². The second-order valence-corrected chi connectivity index (χ2v) is 4.42. The molecule has 8 heteroatoms. The van der Waals surface area contributed by atoms with Crippen molar-refractivity contribution in [1.82, 2.24) is 0 Å². The van der Waals surface area contributed by atoms with Crippen LogP contribution < -0.4 is 34.3 Å². The SMILES string of the molecule is CCOC(=O)c1ccc(OCS(=O)(=O)[O-])cc1.[Na+]. The van der Waals surface area contributed by atoms with E-state index in [-0.39, 0.29) is 41.9 Å². The van der Waals surface area contributed by atoms with Gasteiger partial charge in [0.05, 0.1) is 12.2 Å². The third-order valence-electron chi connectivity index (χ3n) is 1.74. The van der Waals surface area contributed by atoms with Crippen LogP contribution in [0.5, 0.6) is 5.75 Å². The van der Waals surface area contributed by atoms with Crippen molar-refractivity contribution < 1.29 is 56.8 Å². The van der Waals surface area contributed by atoms with Crippen LogP contribution in [0.1, 0.15) is 17.3 Å². The molecule has 6 nitrogen and oxygen atoms in total. The van der Waals surface area contributed by atoms with Crippen molar-refractivity contribution in [2.24, 2.45) is 0 Å². The molecule has 0 aliphatic rings. The Morgan fingerprint density at radius 1 is 1.28 bits per heavy atom. The smallest absolute Gasteiger partial charge is 0.745 e. The van der Waals surface area contributed by atoms with Gasteiger partial charge >= 0.3 is 35.5 Å². The Bertz CT molecular complexity index is 482. The van der Waals surface area contributed by atoms with Crippen molar-refractivity contribution in [3.8, 4) is 5.75 Å². The number of carbonyl (C=O) groups is 1. The summed E-state index contributed by atoms with van der Waals surface area (Å²) in [5.41, 5.74) is 0.323. The van der Waals surface area contributed by atoms with Crippen LogP contribution in [0.3, 0.4) is 0 Å². The molecule has 0 aliphatic heterocycles. The number of esters is 1. The first kappa shape index (κ1) is 17.4. The molecule has 0 saturated carbocycles. The molecular weight excluding hydrogens is 271 g/mol. The van der Waals surface area contributed by atoms with E-state index in [0.717, 1.165) is 0 Å². The third kappa shape index (κ3) is 6.36. The van der Waals surface area contributed by atoms with Gasteiger partial charge in [-0.3, -0.25) is 0 Å². The summed E-state index contributed by atoms with van der Waals surface area (Å²) in [7, 11) is -4.42. The maximum Gasteiger partial charge on any atom is 1.00 e. The summed E-state index contributed by atoms with van der Waals surface area (Å²) in [6, 6.07) is 5.62. The van der Waals surface area contributed by atoms with Gasteiger partial charge in [-0.25, -0.2) is 13.2 Å². The molecule has 0 fully saturated rings. The average Bonchev–Trinajstić information content (AvgIpc) is 2.26. The Hall–Kier alpha value is -0.600. The number of rotatable bonds is 5. The van der Waals surface area contributed by atoms with Crippen molar-refractivity contribution in [1.29, 1.82) is 0 Å². The zero-order chi connectivity index (χ0) is 12.9. The Balaban J connectivity index is 0.00000289. The summed E-state index contributed by atoms with van der Waals surface area (Å²) in [5.74, 6) is -1.22. The van der Waals surface area contributed by atoms with Crippen molar-refractivity contribution >= 4 is 16.1 Å². The molecule has 0 N–H and O–H groups in total. The molecule has 94 valence electrons. The topological polar surface area (TPSA) is 92.7 Å². The first-order valence-electron chi connectivity index (χ1n) is 4.76. The molecular formula is C10H11NaO6S. The van der Waals surface area contributed by atoms with Crippen molar-refractivity contribution in [3.05, 3.63) is 29.8 Å². The van der Waals surface area contributed by atoms with Gasteiger partial charge in [0.2, 0.25) is 0 Å². The van der Waals surface area contributed by atoms with Gasteiger partial charge in [-0.15, -0.1) is 0 Å². The van der Waals surface area contributed by atoms with Crippen LogP contribution in [0.2, 0.25) is 0 Å². The summed E-state index contributed by atoms with van der Waals surface area (Å²) >= 11 is 0. The Labute approximate surface area is 127 Å². The maximum absolute atomic E-state index is 11.3. The number of carbonyl (C=O) groups excluding carboxylic acids is 1. The summed E-state index contributed by atoms with van der Waals surface area (Å²) in [5, 5.41) is 0. The van der Waals surface area contributed by atoms with E-state index in [4.69, 9.17) is 9.47 Å². The second-order valence-electron chi connectivity index (χ2n) is 3.06. The van der Waals surface area contributed by atoms with Crippen molar-refractivity contribution in [2.45, 2.75) is 6.92 Å². The fourth-order valence-electron chi connectivity index (χ4n) is 1.04. The van der Waals surface area contributed by atoms with Gasteiger partial charge < -0.3 is 14.0 Å². The molecule has 0 saturated heterocycles. The normalized spacial score (nSPS) is 10.3. The Morgan fingerprint density at radius 2 is 1.83 bits per heavy atom. The molecule has 0 atom stereocenters. The predicted molar refractivity (Wildman–Crippen MR) is 57.6 cm³/mol. The largest absolute Gasteiger partial charge is 1.00 e. The molecule has 1 aromatic carbocycles. The Morgan fingerprint density at radius 3 is 2.28 bits per heavy atom. The molecule has 18 heavy (non-hydrogen) atoms. The Kier molecular flexibility index (Phi) is 7.49. The zero-order valence-electron chi connectivity index (χ0n) is 10.1. The number of hydrogen-bond acceptors (Lipinski definition) is 6. The van der Waals surface area contributed by atoms with Gasteiger partial charge in [0.15, 0.2) is 5.94 Å². The van der Waals surface area contributed by atoms with Crippen LogP contribution in [-0.4, -0.2) is 31.5 Å². The van der Waals surface area contributed by atoms with Crippen molar-refractivity contribution in [2.75, 3.05) is 12.5 Å². The first-order valence-corrected chi connectivity index (χ1v) is 6.33. The summed E-state index contributed by atoms with van der Waals surface area (Å²) < 4.78 is 40.4. The predicted octanol–water partition coefficient (Wildman–Crippen LogP) is -2.25. The minimum atomic E-state index is -4.42. The first-order chi connectivity index (χ1) is 7.92. The van der Waals surface area contributed by atoms with Gasteiger partial charge in [0, 0.05) is 0 Å². The van der Waals surface area contributed by atoms with Crippen molar-refractivity contribution in [3.63, 3.8) is 0 Å². The number of benzene rings is 1. The summed E-state index contributed by atoms with van der Waals surface area (Å²) in [6.45, 7) is 1.96. The van der Waals surface area contributed by atoms with Crippen LogP contribution in [0.15, 0.2) is 24.3 Å². The molecule has 0 unspecified atom stereocenters. The molecule has 0 amide bonds. The van der Waals surface area contributed by atoms with Gasteiger partial charge in [-0.1, -0.05) is 0 Å². The van der Waals surface area contributed by atoms with Crippen LogP contribution >= 0.6 is 0 Å². The van der Waals surface area contributed by atoms with E-state index >= 15 is 0 Å². The molecule has 0 aromatic heterocycles. The monoisotopic (exact) mass is 282 g/mol. The maximum atomic E-state index is 11.3. The molecule has 1 rings (SSSR count). The van der Waals surface area contributed by atoms with E-state index < -0.39 is 22.0 Å². The molecule has 1 aromatic rings. The molecule has 0 spiro atoms. The third-order valence-corrected chi connectivity index (χ3v) is 2.14. The van der Waals surface area contributed by atoms with E-state index in [1.807, 2.05) is 0 Å². The molecule has 0 aliphatic carbocycles. The molecule has 0 radical (unpaired) electrons. The fourth-order valence-corrected chi connectivity index (χ4v) is 1.32. The quantitative estimate of drug-likeness (QED) is 0.344. The van der Waals surface area contributed by atoms with Gasteiger partial charge in [-0.2, -0.15) is 0 Å². The van der Waals surface area contributed by atoms with E-state index in [9.17, 15) is 17.8 Å². The van der Waals surface area contributed by atoms with E-state index in [0.29, 0.717) is 5.56 Å². The van der Waals surface area contributed by atoms with Gasteiger partial charge in [0.25, 0.3) is 0 Å². The standard InChI is InChI=1S/C10H12O6S.Na/c1-2-15-10(11)8-3-5-9(6-4-8)16-7-17(12,13)14;/h3-6H,2,7H2,1H3,(H,12,13,14);/q;+1/p-1. The second kappa shape index (κ2) is 7.75. The fraction of sp³-hybridized carbons (Fsp3) is 0.300. The summed E-state index contributed by atoms with van der Waals surface area (Å²) in [6.07, 6.45) is 0. The van der Waals surface area contributed by atoms with Crippen LogP contribution in [-0.2, 0) is 14.9 Å². The van der Waals surface area contributed by atoms with Gasteiger partial charge in [-0.05, 0) is 31.2 Å². The average molecular weight is 282 g/mol.